The molecular formula is C19H24N4O3S2. The molecule has 1 aliphatic carbocycles. The van der Waals surface area contributed by atoms with Gasteiger partial charge in [-0.2, -0.15) is 0 Å². The van der Waals surface area contributed by atoms with E-state index in [9.17, 15) is 14.4 Å². The molecule has 3 amide bonds. The minimum Gasteiger partial charge on any atom is -0.336 e. The van der Waals surface area contributed by atoms with Crippen LogP contribution in [-0.4, -0.2) is 45.2 Å². The van der Waals surface area contributed by atoms with Gasteiger partial charge in [0, 0.05) is 24.5 Å². The van der Waals surface area contributed by atoms with Gasteiger partial charge in [-0.15, -0.1) is 11.3 Å². The van der Waals surface area contributed by atoms with Crippen LogP contribution in [0.25, 0.3) is 10.2 Å². The van der Waals surface area contributed by atoms with Crippen molar-refractivity contribution in [2.75, 3.05) is 18.8 Å². The van der Waals surface area contributed by atoms with Crippen molar-refractivity contribution in [2.24, 2.45) is 0 Å². The summed E-state index contributed by atoms with van der Waals surface area (Å²) in [7, 11) is 0. The number of rotatable bonds is 7. The zero-order valence-corrected chi connectivity index (χ0v) is 17.6. The Labute approximate surface area is 171 Å². The number of hydrogen-bond acceptors (Lipinski definition) is 6. The second-order valence-corrected chi connectivity index (χ2v) is 9.19. The van der Waals surface area contributed by atoms with Gasteiger partial charge in [-0.3, -0.25) is 19.1 Å². The third-order valence-electron chi connectivity index (χ3n) is 5.26. The highest BCUT2D eigenvalue weighted by atomic mass is 32.2. The molecule has 2 aromatic rings. The molecule has 7 nitrogen and oxygen atoms in total. The maximum Gasteiger partial charge on any atom is 0.324 e. The molecular weight excluding hydrogens is 396 g/mol. The van der Waals surface area contributed by atoms with E-state index in [1.165, 1.54) is 27.1 Å². The minimum absolute atomic E-state index is 0.0226. The van der Waals surface area contributed by atoms with Crippen molar-refractivity contribution < 1.29 is 9.59 Å². The first-order valence-electron chi connectivity index (χ1n) is 9.86. The lowest BCUT2D eigenvalue weighted by atomic mass is 10.2. The molecule has 0 aromatic carbocycles. The van der Waals surface area contributed by atoms with E-state index in [-0.39, 0.29) is 23.3 Å². The summed E-state index contributed by atoms with van der Waals surface area (Å²) in [5.74, 6) is -0.146. The van der Waals surface area contributed by atoms with E-state index in [2.05, 4.69) is 12.2 Å². The normalized spacial score (nSPS) is 16.0. The molecule has 2 aliphatic rings. The highest BCUT2D eigenvalue weighted by Gasteiger charge is 2.27. The first-order valence-corrected chi connectivity index (χ1v) is 11.7. The summed E-state index contributed by atoms with van der Waals surface area (Å²) in [6.07, 6.45) is 6.11. The summed E-state index contributed by atoms with van der Waals surface area (Å²) >= 11 is 2.87. The first kappa shape index (κ1) is 19.4. The molecule has 1 N–H and O–H groups in total. The average Bonchev–Trinajstić information content (AvgIpc) is 3.37. The van der Waals surface area contributed by atoms with E-state index in [1.807, 2.05) is 0 Å². The predicted octanol–water partition coefficient (Wildman–Crippen LogP) is 2.78. The molecule has 0 spiro atoms. The standard InChI is InChI=1S/C19H24N4O3S2/c1-2-3-4-9-23-17(25)15-12-6-5-7-13(12)28-16(15)21-19(23)27-11-14(24)22-10-8-20-18(22)26/h2-11H2,1H3,(H,20,26). The molecule has 2 aromatic heterocycles. The largest absolute Gasteiger partial charge is 0.336 e. The Kier molecular flexibility index (Phi) is 5.73. The van der Waals surface area contributed by atoms with Crippen molar-refractivity contribution in [1.82, 2.24) is 19.8 Å². The highest BCUT2D eigenvalue weighted by Crippen LogP contribution is 2.35. The summed E-state index contributed by atoms with van der Waals surface area (Å²) in [6, 6.07) is -0.343. The highest BCUT2D eigenvalue weighted by molar-refractivity contribution is 7.99. The molecule has 0 unspecified atom stereocenters. The van der Waals surface area contributed by atoms with Crippen molar-refractivity contribution >= 4 is 45.3 Å². The van der Waals surface area contributed by atoms with E-state index in [0.717, 1.165) is 48.7 Å². The van der Waals surface area contributed by atoms with Gasteiger partial charge < -0.3 is 5.32 Å². The Bertz CT molecular complexity index is 982. The molecule has 150 valence electrons. The Morgan fingerprint density at radius 3 is 2.89 bits per heavy atom. The fraction of sp³-hybridized carbons (Fsp3) is 0.579. The fourth-order valence-electron chi connectivity index (χ4n) is 3.80. The molecule has 4 rings (SSSR count). The molecule has 1 aliphatic heterocycles. The van der Waals surface area contributed by atoms with Gasteiger partial charge in [-0.25, -0.2) is 9.78 Å². The quantitative estimate of drug-likeness (QED) is 0.423. The number of thioether (sulfide) groups is 1. The maximum atomic E-state index is 13.3. The number of hydrogen-bond donors (Lipinski definition) is 1. The first-order chi connectivity index (χ1) is 13.6. The van der Waals surface area contributed by atoms with Gasteiger partial charge in [0.05, 0.1) is 11.1 Å². The van der Waals surface area contributed by atoms with Gasteiger partial charge in [0.2, 0.25) is 5.91 Å². The number of carbonyl (C=O) groups is 2. The molecule has 9 heteroatoms. The topological polar surface area (TPSA) is 84.3 Å². The van der Waals surface area contributed by atoms with E-state index in [4.69, 9.17) is 4.98 Å². The van der Waals surface area contributed by atoms with Crippen LogP contribution >= 0.6 is 23.1 Å². The number of urea groups is 1. The van der Waals surface area contributed by atoms with Gasteiger partial charge in [-0.1, -0.05) is 31.5 Å². The summed E-state index contributed by atoms with van der Waals surface area (Å²) in [4.78, 5) is 45.4. The number of nitrogens with one attached hydrogen (secondary N) is 1. The smallest absolute Gasteiger partial charge is 0.324 e. The zero-order valence-electron chi connectivity index (χ0n) is 16.0. The van der Waals surface area contributed by atoms with Crippen molar-refractivity contribution in [1.29, 1.82) is 0 Å². The number of amides is 3. The number of unbranched alkanes of at least 4 members (excludes halogenated alkanes) is 2. The molecule has 3 heterocycles. The molecule has 1 saturated heterocycles. The molecule has 0 saturated carbocycles. The van der Waals surface area contributed by atoms with E-state index in [1.54, 1.807) is 15.9 Å². The van der Waals surface area contributed by atoms with Gasteiger partial charge in [-0.05, 0) is 31.2 Å². The average molecular weight is 421 g/mol. The lowest BCUT2D eigenvalue weighted by molar-refractivity contribution is -0.124. The van der Waals surface area contributed by atoms with Crippen molar-refractivity contribution in [3.8, 4) is 0 Å². The summed E-state index contributed by atoms with van der Waals surface area (Å²) in [5, 5.41) is 4.00. The van der Waals surface area contributed by atoms with Crippen LogP contribution in [0.3, 0.4) is 0 Å². The van der Waals surface area contributed by atoms with Gasteiger partial charge >= 0.3 is 6.03 Å². The third kappa shape index (κ3) is 3.57. The van der Waals surface area contributed by atoms with Crippen LogP contribution in [-0.2, 0) is 24.2 Å². The van der Waals surface area contributed by atoms with E-state index in [0.29, 0.717) is 24.8 Å². The number of imide groups is 1. The van der Waals surface area contributed by atoms with Gasteiger partial charge in [0.1, 0.15) is 4.83 Å². The molecule has 28 heavy (non-hydrogen) atoms. The summed E-state index contributed by atoms with van der Waals surface area (Å²) in [5.41, 5.74) is 1.21. The molecule has 0 bridgehead atoms. The molecule has 0 atom stereocenters. The van der Waals surface area contributed by atoms with Crippen molar-refractivity contribution in [2.45, 2.75) is 57.1 Å². The number of aromatic nitrogens is 2. The van der Waals surface area contributed by atoms with Crippen molar-refractivity contribution in [3.05, 3.63) is 20.8 Å². The monoisotopic (exact) mass is 420 g/mol. The number of fused-ring (bicyclic) bond motifs is 3. The number of aryl methyl sites for hydroxylation is 2. The fourth-order valence-corrected chi connectivity index (χ4v) is 6.00. The zero-order chi connectivity index (χ0) is 19.7. The maximum absolute atomic E-state index is 13.3. The molecule has 1 fully saturated rings. The molecule has 0 radical (unpaired) electrons. The van der Waals surface area contributed by atoms with Crippen LogP contribution in [0, 0.1) is 0 Å². The Hall–Kier alpha value is -1.87. The number of thiophene rings is 1. The Morgan fingerprint density at radius 2 is 2.14 bits per heavy atom. The van der Waals surface area contributed by atoms with Gasteiger partial charge in [0.15, 0.2) is 5.16 Å². The van der Waals surface area contributed by atoms with Crippen LogP contribution in [0.4, 0.5) is 4.79 Å². The predicted molar refractivity (Wildman–Crippen MR) is 111 cm³/mol. The number of carbonyl (C=O) groups excluding carboxylic acids is 2. The third-order valence-corrected chi connectivity index (χ3v) is 7.40. The van der Waals surface area contributed by atoms with Crippen molar-refractivity contribution in [3.63, 3.8) is 0 Å². The van der Waals surface area contributed by atoms with E-state index >= 15 is 0 Å². The number of nitrogens with zero attached hydrogens (tertiary/aromatic N) is 3. The van der Waals surface area contributed by atoms with Crippen LogP contribution in [0.5, 0.6) is 0 Å². The minimum atomic E-state index is -0.343. The van der Waals surface area contributed by atoms with Crippen LogP contribution in [0.1, 0.15) is 43.0 Å². The van der Waals surface area contributed by atoms with E-state index < -0.39 is 0 Å². The Morgan fingerprint density at radius 1 is 1.29 bits per heavy atom. The SMILES string of the molecule is CCCCCn1c(SCC(=O)N2CCNC2=O)nc2sc3c(c2c1=O)CCC3. The summed E-state index contributed by atoms with van der Waals surface area (Å²) < 4.78 is 1.74. The summed E-state index contributed by atoms with van der Waals surface area (Å²) in [6.45, 7) is 3.62. The second kappa shape index (κ2) is 8.24. The lowest BCUT2D eigenvalue weighted by Gasteiger charge is -2.14. The van der Waals surface area contributed by atoms with Gasteiger partial charge in [0.25, 0.3) is 5.56 Å². The van der Waals surface area contributed by atoms with Crippen LogP contribution < -0.4 is 10.9 Å². The Balaban J connectivity index is 1.63. The van der Waals surface area contributed by atoms with Crippen LogP contribution in [0.15, 0.2) is 9.95 Å². The second-order valence-electron chi connectivity index (χ2n) is 7.16. The van der Waals surface area contributed by atoms with Crippen LogP contribution in [0.2, 0.25) is 0 Å². The lowest BCUT2D eigenvalue weighted by Crippen LogP contribution is -2.35.